The van der Waals surface area contributed by atoms with E-state index in [2.05, 4.69) is 0 Å². The molecular formula is C14H10F2N2O2. The van der Waals surface area contributed by atoms with E-state index in [4.69, 9.17) is 20.5 Å². The smallest absolute Gasteiger partial charge is 0.198 e. The van der Waals surface area contributed by atoms with Crippen LogP contribution in [0.2, 0.25) is 0 Å². The van der Waals surface area contributed by atoms with Gasteiger partial charge in [-0.2, -0.15) is 5.26 Å². The van der Waals surface area contributed by atoms with E-state index < -0.39 is 17.4 Å². The number of nitrogen functional groups attached to an aromatic ring is 1. The van der Waals surface area contributed by atoms with Gasteiger partial charge in [-0.15, -0.1) is 0 Å². The van der Waals surface area contributed by atoms with E-state index in [-0.39, 0.29) is 17.0 Å². The third kappa shape index (κ3) is 2.62. The maximum absolute atomic E-state index is 13.7. The number of methoxy groups -OCH3 is 1. The van der Waals surface area contributed by atoms with Crippen LogP contribution in [0.1, 0.15) is 5.56 Å². The first-order chi connectivity index (χ1) is 9.55. The summed E-state index contributed by atoms with van der Waals surface area (Å²) in [6, 6.07) is 7.81. The number of hydrogen-bond donors (Lipinski definition) is 1. The SMILES string of the molecule is COc1ccc(Oc2c(F)cc(C#N)cc2F)cc1N. The lowest BCUT2D eigenvalue weighted by Crippen LogP contribution is -1.96. The number of halogens is 2. The topological polar surface area (TPSA) is 68.3 Å². The van der Waals surface area contributed by atoms with Gasteiger partial charge in [-0.25, -0.2) is 8.78 Å². The van der Waals surface area contributed by atoms with Crippen molar-refractivity contribution in [1.82, 2.24) is 0 Å². The highest BCUT2D eigenvalue weighted by atomic mass is 19.1. The summed E-state index contributed by atoms with van der Waals surface area (Å²) in [5.41, 5.74) is 5.83. The Balaban J connectivity index is 2.35. The molecule has 0 bridgehead atoms. The lowest BCUT2D eigenvalue weighted by atomic mass is 10.2. The molecule has 2 aromatic rings. The largest absolute Gasteiger partial charge is 0.495 e. The van der Waals surface area contributed by atoms with Crippen molar-refractivity contribution in [3.63, 3.8) is 0 Å². The maximum Gasteiger partial charge on any atom is 0.198 e. The van der Waals surface area contributed by atoms with Crippen molar-refractivity contribution in [2.45, 2.75) is 0 Å². The van der Waals surface area contributed by atoms with Gasteiger partial charge in [0, 0.05) is 6.07 Å². The first kappa shape index (κ1) is 13.6. The van der Waals surface area contributed by atoms with E-state index in [0.29, 0.717) is 5.75 Å². The van der Waals surface area contributed by atoms with E-state index in [1.165, 1.54) is 25.3 Å². The number of benzene rings is 2. The average Bonchev–Trinajstić information content (AvgIpc) is 2.42. The van der Waals surface area contributed by atoms with Gasteiger partial charge < -0.3 is 15.2 Å². The van der Waals surface area contributed by atoms with Crippen molar-refractivity contribution >= 4 is 5.69 Å². The Morgan fingerprint density at radius 1 is 1.15 bits per heavy atom. The maximum atomic E-state index is 13.7. The summed E-state index contributed by atoms with van der Waals surface area (Å²) in [4.78, 5) is 0. The van der Waals surface area contributed by atoms with Gasteiger partial charge in [-0.05, 0) is 24.3 Å². The molecule has 2 N–H and O–H groups in total. The molecular weight excluding hydrogens is 266 g/mol. The number of nitriles is 1. The normalized spacial score (nSPS) is 9.90. The summed E-state index contributed by atoms with van der Waals surface area (Å²) in [7, 11) is 1.45. The Bertz CT molecular complexity index is 673. The Morgan fingerprint density at radius 3 is 2.30 bits per heavy atom. The van der Waals surface area contributed by atoms with E-state index in [1.807, 2.05) is 0 Å². The van der Waals surface area contributed by atoms with Crippen LogP contribution in [-0.4, -0.2) is 7.11 Å². The Morgan fingerprint density at radius 2 is 1.80 bits per heavy atom. The van der Waals surface area contributed by atoms with E-state index in [9.17, 15) is 8.78 Å². The van der Waals surface area contributed by atoms with Crippen LogP contribution < -0.4 is 15.2 Å². The zero-order valence-corrected chi connectivity index (χ0v) is 10.5. The molecule has 102 valence electrons. The zero-order valence-electron chi connectivity index (χ0n) is 10.5. The summed E-state index contributed by atoms with van der Waals surface area (Å²) >= 11 is 0. The van der Waals surface area contributed by atoms with Gasteiger partial charge in [0.2, 0.25) is 0 Å². The standard InChI is InChI=1S/C14H10F2N2O2/c1-19-13-3-2-9(6-12(13)18)20-14-10(15)4-8(7-17)5-11(14)16/h2-6H,18H2,1H3. The number of nitrogens with two attached hydrogens (primary N) is 1. The number of nitrogens with zero attached hydrogens (tertiary/aromatic N) is 1. The third-order valence-corrected chi connectivity index (χ3v) is 2.55. The van der Waals surface area contributed by atoms with Crippen LogP contribution in [0.5, 0.6) is 17.2 Å². The van der Waals surface area contributed by atoms with Gasteiger partial charge in [0.15, 0.2) is 17.4 Å². The van der Waals surface area contributed by atoms with Crippen LogP contribution >= 0.6 is 0 Å². The van der Waals surface area contributed by atoms with Gasteiger partial charge in [0.05, 0.1) is 24.4 Å². The molecule has 0 fully saturated rings. The van der Waals surface area contributed by atoms with Gasteiger partial charge in [0.25, 0.3) is 0 Å². The minimum Gasteiger partial charge on any atom is -0.495 e. The minimum atomic E-state index is -0.962. The predicted octanol–water partition coefficient (Wildman–Crippen LogP) is 3.22. The van der Waals surface area contributed by atoms with Crippen LogP contribution in [0.3, 0.4) is 0 Å². The second-order valence-electron chi connectivity index (χ2n) is 3.89. The first-order valence-electron chi connectivity index (χ1n) is 5.55. The molecule has 0 spiro atoms. The number of rotatable bonds is 3. The van der Waals surface area contributed by atoms with Crippen molar-refractivity contribution in [2.75, 3.05) is 12.8 Å². The molecule has 0 saturated carbocycles. The molecule has 0 unspecified atom stereocenters. The van der Waals surface area contributed by atoms with Crippen molar-refractivity contribution in [1.29, 1.82) is 5.26 Å². The Kier molecular flexibility index (Phi) is 3.71. The molecule has 2 rings (SSSR count). The lowest BCUT2D eigenvalue weighted by molar-refractivity contribution is 0.402. The summed E-state index contributed by atoms with van der Waals surface area (Å²) < 4.78 is 37.4. The molecule has 2 aromatic carbocycles. The molecule has 4 nitrogen and oxygen atoms in total. The Labute approximate surface area is 114 Å². The molecule has 0 saturated heterocycles. The van der Waals surface area contributed by atoms with Crippen molar-refractivity contribution in [3.8, 4) is 23.3 Å². The molecule has 0 atom stereocenters. The molecule has 0 amide bonds. The lowest BCUT2D eigenvalue weighted by Gasteiger charge is -2.10. The molecule has 6 heteroatoms. The first-order valence-corrected chi connectivity index (χ1v) is 5.55. The van der Waals surface area contributed by atoms with E-state index in [1.54, 1.807) is 6.07 Å². The second kappa shape index (κ2) is 5.45. The van der Waals surface area contributed by atoms with Crippen LogP contribution in [-0.2, 0) is 0 Å². The zero-order chi connectivity index (χ0) is 14.7. The second-order valence-corrected chi connectivity index (χ2v) is 3.89. The molecule has 0 aliphatic rings. The summed E-state index contributed by atoms with van der Waals surface area (Å²) in [6.45, 7) is 0. The number of hydrogen-bond acceptors (Lipinski definition) is 4. The third-order valence-electron chi connectivity index (χ3n) is 2.55. The highest BCUT2D eigenvalue weighted by Gasteiger charge is 2.14. The van der Waals surface area contributed by atoms with Gasteiger partial charge in [-0.3, -0.25) is 0 Å². The molecule has 0 radical (unpaired) electrons. The van der Waals surface area contributed by atoms with Crippen LogP contribution in [0, 0.1) is 23.0 Å². The predicted molar refractivity (Wildman–Crippen MR) is 68.6 cm³/mol. The fourth-order valence-corrected chi connectivity index (χ4v) is 1.62. The minimum absolute atomic E-state index is 0.124. The number of ether oxygens (including phenoxy) is 2. The van der Waals surface area contributed by atoms with Crippen molar-refractivity contribution in [2.24, 2.45) is 0 Å². The van der Waals surface area contributed by atoms with Crippen molar-refractivity contribution < 1.29 is 18.3 Å². The summed E-state index contributed by atoms with van der Waals surface area (Å²) in [5.74, 6) is -1.93. The quantitative estimate of drug-likeness (QED) is 0.874. The van der Waals surface area contributed by atoms with E-state index in [0.717, 1.165) is 12.1 Å². The average molecular weight is 276 g/mol. The molecule has 0 aliphatic carbocycles. The fraction of sp³-hybridized carbons (Fsp3) is 0.0714. The highest BCUT2D eigenvalue weighted by Crippen LogP contribution is 2.32. The highest BCUT2D eigenvalue weighted by molar-refractivity contribution is 5.56. The molecule has 0 aliphatic heterocycles. The molecule has 0 heterocycles. The van der Waals surface area contributed by atoms with Gasteiger partial charge in [0.1, 0.15) is 11.5 Å². The monoisotopic (exact) mass is 276 g/mol. The van der Waals surface area contributed by atoms with E-state index >= 15 is 0 Å². The Hall–Kier alpha value is -2.81. The van der Waals surface area contributed by atoms with Crippen LogP contribution in [0.4, 0.5) is 14.5 Å². The van der Waals surface area contributed by atoms with Gasteiger partial charge in [-0.1, -0.05) is 0 Å². The van der Waals surface area contributed by atoms with Crippen LogP contribution in [0.15, 0.2) is 30.3 Å². The van der Waals surface area contributed by atoms with Crippen LogP contribution in [0.25, 0.3) is 0 Å². The number of anilines is 1. The van der Waals surface area contributed by atoms with Crippen molar-refractivity contribution in [3.05, 3.63) is 47.5 Å². The molecule has 20 heavy (non-hydrogen) atoms. The molecule has 0 aromatic heterocycles. The van der Waals surface area contributed by atoms with Gasteiger partial charge >= 0.3 is 0 Å². The fourth-order valence-electron chi connectivity index (χ4n) is 1.62. The summed E-state index contributed by atoms with van der Waals surface area (Å²) in [6.07, 6.45) is 0. The summed E-state index contributed by atoms with van der Waals surface area (Å²) in [5, 5.41) is 8.61.